The number of hydrogen-bond donors (Lipinski definition) is 1. The zero-order valence-corrected chi connectivity index (χ0v) is 25.2. The Labute approximate surface area is 241 Å². The molecule has 8 nitrogen and oxygen atoms in total. The Morgan fingerprint density at radius 3 is 2.27 bits per heavy atom. The van der Waals surface area contributed by atoms with Gasteiger partial charge in [-0.05, 0) is 82.1 Å². The SMILES string of the molecule is COc1cccc(CN(C(=O)CN(c2cc(Cl)ccc2C)S(=O)(=O)c2ccc(C)cc2)[C@@H](C)C(=O)NC(C)C)c1. The summed E-state index contributed by atoms with van der Waals surface area (Å²) < 4.78 is 34.3. The predicted molar refractivity (Wildman–Crippen MR) is 158 cm³/mol. The molecule has 1 atom stereocenters. The van der Waals surface area contributed by atoms with Crippen molar-refractivity contribution in [3.8, 4) is 5.75 Å². The Morgan fingerprint density at radius 2 is 1.65 bits per heavy atom. The van der Waals surface area contributed by atoms with Crippen LogP contribution in [0.15, 0.2) is 71.6 Å². The molecule has 3 aromatic rings. The Balaban J connectivity index is 2.08. The minimum absolute atomic E-state index is 0.0372. The number of ether oxygens (including phenoxy) is 1. The number of carbonyl (C=O) groups is 2. The first kappa shape index (κ1) is 31.0. The van der Waals surface area contributed by atoms with Gasteiger partial charge in [0.25, 0.3) is 10.0 Å². The molecule has 1 N–H and O–H groups in total. The van der Waals surface area contributed by atoms with E-state index in [1.54, 1.807) is 63.4 Å². The first-order valence-corrected chi connectivity index (χ1v) is 14.7. The molecule has 3 rings (SSSR count). The molecule has 0 aliphatic carbocycles. The third-order valence-corrected chi connectivity index (χ3v) is 8.42. The second kappa shape index (κ2) is 13.2. The maximum Gasteiger partial charge on any atom is 0.264 e. The number of halogens is 1. The summed E-state index contributed by atoms with van der Waals surface area (Å²) in [5.41, 5.74) is 2.53. The molecule has 0 bridgehead atoms. The lowest BCUT2D eigenvalue weighted by Gasteiger charge is -2.32. The summed E-state index contributed by atoms with van der Waals surface area (Å²) in [6, 6.07) is 17.4. The van der Waals surface area contributed by atoms with Crippen molar-refractivity contribution in [2.75, 3.05) is 18.0 Å². The standard InChI is InChI=1S/C30H36ClN3O5S/c1-20(2)32-30(36)23(5)33(18-24-8-7-9-26(16-24)39-6)29(35)19-34(28-17-25(31)13-12-22(28)4)40(37,38)27-14-10-21(3)11-15-27/h7-17,20,23H,18-19H2,1-6H3,(H,32,36)/t23-/m0/s1. The van der Waals surface area contributed by atoms with E-state index >= 15 is 0 Å². The first-order valence-electron chi connectivity index (χ1n) is 12.9. The summed E-state index contributed by atoms with van der Waals surface area (Å²) in [4.78, 5) is 28.5. The summed E-state index contributed by atoms with van der Waals surface area (Å²) in [7, 11) is -2.64. The molecule has 214 valence electrons. The van der Waals surface area contributed by atoms with E-state index < -0.39 is 28.5 Å². The molecule has 0 unspecified atom stereocenters. The number of rotatable bonds is 11. The van der Waals surface area contributed by atoms with Gasteiger partial charge in [0, 0.05) is 17.6 Å². The van der Waals surface area contributed by atoms with E-state index in [1.807, 2.05) is 26.8 Å². The van der Waals surface area contributed by atoms with Gasteiger partial charge in [-0.1, -0.05) is 47.5 Å². The minimum Gasteiger partial charge on any atom is -0.497 e. The number of nitrogens with one attached hydrogen (secondary N) is 1. The monoisotopic (exact) mass is 585 g/mol. The van der Waals surface area contributed by atoms with Crippen molar-refractivity contribution in [1.29, 1.82) is 0 Å². The zero-order chi connectivity index (χ0) is 29.6. The summed E-state index contributed by atoms with van der Waals surface area (Å²) in [6.07, 6.45) is 0. The van der Waals surface area contributed by atoms with E-state index in [1.165, 1.54) is 23.1 Å². The van der Waals surface area contributed by atoms with Crippen LogP contribution in [0.4, 0.5) is 5.69 Å². The van der Waals surface area contributed by atoms with Crippen LogP contribution < -0.4 is 14.4 Å². The highest BCUT2D eigenvalue weighted by atomic mass is 35.5. The molecular formula is C30H36ClN3O5S. The summed E-state index contributed by atoms with van der Waals surface area (Å²) in [5.74, 6) is -0.301. The van der Waals surface area contributed by atoms with Crippen LogP contribution in [0.1, 0.15) is 37.5 Å². The van der Waals surface area contributed by atoms with Crippen LogP contribution in [0.5, 0.6) is 5.75 Å². The van der Waals surface area contributed by atoms with Gasteiger partial charge in [-0.2, -0.15) is 0 Å². The van der Waals surface area contributed by atoms with Crippen molar-refractivity contribution in [2.45, 2.75) is 58.1 Å². The highest BCUT2D eigenvalue weighted by Crippen LogP contribution is 2.30. The number of sulfonamides is 1. The van der Waals surface area contributed by atoms with Crippen molar-refractivity contribution >= 4 is 39.1 Å². The molecule has 3 aromatic carbocycles. The lowest BCUT2D eigenvalue weighted by Crippen LogP contribution is -2.52. The van der Waals surface area contributed by atoms with Gasteiger partial charge >= 0.3 is 0 Å². The van der Waals surface area contributed by atoms with Gasteiger partial charge in [-0.3, -0.25) is 13.9 Å². The third-order valence-electron chi connectivity index (χ3n) is 6.41. The normalized spacial score (nSPS) is 12.1. The molecule has 0 aliphatic heterocycles. The Kier molecular flexibility index (Phi) is 10.2. The van der Waals surface area contributed by atoms with Crippen LogP contribution in [0, 0.1) is 13.8 Å². The van der Waals surface area contributed by atoms with Gasteiger partial charge in [-0.25, -0.2) is 8.42 Å². The summed E-state index contributed by atoms with van der Waals surface area (Å²) in [6.45, 7) is 8.42. The molecule has 10 heteroatoms. The van der Waals surface area contributed by atoms with E-state index in [4.69, 9.17) is 16.3 Å². The van der Waals surface area contributed by atoms with E-state index in [0.717, 1.165) is 15.4 Å². The number of anilines is 1. The molecule has 0 aliphatic rings. The zero-order valence-electron chi connectivity index (χ0n) is 23.6. The highest BCUT2D eigenvalue weighted by molar-refractivity contribution is 7.92. The van der Waals surface area contributed by atoms with E-state index in [-0.39, 0.29) is 29.1 Å². The van der Waals surface area contributed by atoms with Crippen molar-refractivity contribution in [2.24, 2.45) is 0 Å². The lowest BCUT2D eigenvalue weighted by molar-refractivity contribution is -0.139. The number of hydrogen-bond acceptors (Lipinski definition) is 5. The predicted octanol–water partition coefficient (Wildman–Crippen LogP) is 5.10. The molecule has 2 amide bonds. The Bertz CT molecular complexity index is 1460. The van der Waals surface area contributed by atoms with Crippen molar-refractivity contribution in [3.63, 3.8) is 0 Å². The average molecular weight is 586 g/mol. The first-order chi connectivity index (χ1) is 18.8. The van der Waals surface area contributed by atoms with Crippen LogP contribution in [0.25, 0.3) is 0 Å². The number of methoxy groups -OCH3 is 1. The van der Waals surface area contributed by atoms with E-state index in [2.05, 4.69) is 5.32 Å². The van der Waals surface area contributed by atoms with E-state index in [0.29, 0.717) is 16.3 Å². The average Bonchev–Trinajstić information content (AvgIpc) is 2.91. The number of nitrogens with zero attached hydrogens (tertiary/aromatic N) is 2. The summed E-state index contributed by atoms with van der Waals surface area (Å²) in [5, 5.41) is 3.17. The van der Waals surface area contributed by atoms with Crippen LogP contribution in [0.3, 0.4) is 0 Å². The van der Waals surface area contributed by atoms with Crippen molar-refractivity contribution in [1.82, 2.24) is 10.2 Å². The fourth-order valence-corrected chi connectivity index (χ4v) is 5.79. The number of aryl methyl sites for hydroxylation is 2. The van der Waals surface area contributed by atoms with Gasteiger partial charge in [0.1, 0.15) is 18.3 Å². The van der Waals surface area contributed by atoms with Crippen LogP contribution in [-0.4, -0.2) is 50.9 Å². The van der Waals surface area contributed by atoms with E-state index in [9.17, 15) is 18.0 Å². The minimum atomic E-state index is -4.18. The smallest absolute Gasteiger partial charge is 0.264 e. The topological polar surface area (TPSA) is 96.0 Å². The number of amides is 2. The number of benzene rings is 3. The molecule has 0 saturated heterocycles. The maximum atomic E-state index is 14.0. The Hall–Kier alpha value is -3.56. The molecule has 0 heterocycles. The molecular weight excluding hydrogens is 550 g/mol. The Morgan fingerprint density at radius 1 is 0.975 bits per heavy atom. The van der Waals surface area contributed by atoms with Gasteiger partial charge in [-0.15, -0.1) is 0 Å². The summed E-state index contributed by atoms with van der Waals surface area (Å²) >= 11 is 6.27. The third kappa shape index (κ3) is 7.55. The van der Waals surface area contributed by atoms with Gasteiger partial charge < -0.3 is 15.0 Å². The number of carbonyl (C=O) groups excluding carboxylic acids is 2. The highest BCUT2D eigenvalue weighted by Gasteiger charge is 2.33. The molecule has 40 heavy (non-hydrogen) atoms. The van der Waals surface area contributed by atoms with Crippen LogP contribution in [-0.2, 0) is 26.2 Å². The van der Waals surface area contributed by atoms with Crippen LogP contribution >= 0.6 is 11.6 Å². The lowest BCUT2D eigenvalue weighted by atomic mass is 10.1. The van der Waals surface area contributed by atoms with Gasteiger partial charge in [0.05, 0.1) is 17.7 Å². The molecule has 0 aromatic heterocycles. The van der Waals surface area contributed by atoms with Crippen molar-refractivity contribution in [3.05, 3.63) is 88.4 Å². The fourth-order valence-electron chi connectivity index (χ4n) is 4.16. The largest absolute Gasteiger partial charge is 0.497 e. The van der Waals surface area contributed by atoms with Crippen molar-refractivity contribution < 1.29 is 22.7 Å². The molecule has 0 spiro atoms. The van der Waals surface area contributed by atoms with Gasteiger partial charge in [0.2, 0.25) is 11.8 Å². The maximum absolute atomic E-state index is 14.0. The molecule has 0 fully saturated rings. The molecule has 0 saturated carbocycles. The quantitative estimate of drug-likeness (QED) is 0.338. The molecule has 0 radical (unpaired) electrons. The van der Waals surface area contributed by atoms with Crippen LogP contribution in [0.2, 0.25) is 5.02 Å². The van der Waals surface area contributed by atoms with Gasteiger partial charge in [0.15, 0.2) is 0 Å². The fraction of sp³-hybridized carbons (Fsp3) is 0.333. The second-order valence-electron chi connectivity index (χ2n) is 9.97. The second-order valence-corrected chi connectivity index (χ2v) is 12.3.